The predicted molar refractivity (Wildman–Crippen MR) is 208 cm³/mol. The van der Waals surface area contributed by atoms with Crippen LogP contribution in [0.3, 0.4) is 0 Å². The molecule has 0 fully saturated rings. The average Bonchev–Trinajstić information content (AvgIpc) is 2.94. The lowest BCUT2D eigenvalue weighted by Gasteiger charge is -2.29. The van der Waals surface area contributed by atoms with Gasteiger partial charge in [0.25, 0.3) is 0 Å². The molecule has 0 aliphatic rings. The number of halogens is 2. The number of phenols is 4. The Kier molecular flexibility index (Phi) is 11.9. The molecule has 0 spiro atoms. The molecule has 0 aliphatic heterocycles. The van der Waals surface area contributed by atoms with Gasteiger partial charge < -0.3 is 20.4 Å². The topological polar surface area (TPSA) is 80.9 Å². The Morgan fingerprint density at radius 1 is 0.490 bits per heavy atom. The van der Waals surface area contributed by atoms with Crippen molar-refractivity contribution in [2.45, 2.75) is 124 Å². The molecule has 0 bridgehead atoms. The molecule has 4 rings (SSSR count). The van der Waals surface area contributed by atoms with Crippen molar-refractivity contribution in [1.29, 1.82) is 0 Å². The molecule has 0 heterocycles. The first-order valence-electron chi connectivity index (χ1n) is 16.9. The summed E-state index contributed by atoms with van der Waals surface area (Å²) in [5.41, 5.74) is 6.82. The summed E-state index contributed by atoms with van der Waals surface area (Å²) in [7, 11) is 0. The highest BCUT2D eigenvalue weighted by Crippen LogP contribution is 2.43. The Morgan fingerprint density at radius 3 is 1.16 bits per heavy atom. The predicted octanol–water partition coefficient (Wildman–Crippen LogP) is 12.4. The van der Waals surface area contributed by atoms with Gasteiger partial charge in [0.2, 0.25) is 0 Å². The molecule has 0 aromatic heterocycles. The molecule has 0 amide bonds. The van der Waals surface area contributed by atoms with E-state index in [1.807, 2.05) is 53.7 Å². The smallest absolute Gasteiger partial charge is 0.123 e. The van der Waals surface area contributed by atoms with Crippen molar-refractivity contribution in [1.82, 2.24) is 0 Å². The minimum atomic E-state index is -0.160. The first kappa shape index (κ1) is 40.1. The maximum Gasteiger partial charge on any atom is 0.123 e. The van der Waals surface area contributed by atoms with Crippen LogP contribution in [0.1, 0.15) is 140 Å². The van der Waals surface area contributed by atoms with Crippen LogP contribution in [0.15, 0.2) is 60.7 Å². The highest BCUT2D eigenvalue weighted by Gasteiger charge is 2.28. The highest BCUT2D eigenvalue weighted by molar-refractivity contribution is 6.32. The summed E-state index contributed by atoms with van der Waals surface area (Å²) in [6, 6.07) is 18.6. The molecule has 4 nitrogen and oxygen atoms in total. The van der Waals surface area contributed by atoms with E-state index in [9.17, 15) is 20.4 Å². The molecule has 0 radical (unpaired) electrons. The number of aromatic hydroxyl groups is 4. The zero-order valence-electron chi connectivity index (χ0n) is 31.6. The molecule has 4 N–H and O–H groups in total. The molecule has 4 aromatic carbocycles. The van der Waals surface area contributed by atoms with Crippen LogP contribution in [0, 0.1) is 0 Å². The van der Waals surface area contributed by atoms with Gasteiger partial charge in [0.15, 0.2) is 0 Å². The van der Waals surface area contributed by atoms with Crippen LogP contribution < -0.4 is 0 Å². The molecular weight excluding hydrogens is 651 g/mol. The van der Waals surface area contributed by atoms with Gasteiger partial charge in [0.05, 0.1) is 0 Å². The van der Waals surface area contributed by atoms with Crippen molar-refractivity contribution in [2.24, 2.45) is 0 Å². The monoisotopic (exact) mass is 706 g/mol. The van der Waals surface area contributed by atoms with Crippen LogP contribution in [0.5, 0.6) is 23.0 Å². The summed E-state index contributed by atoms with van der Waals surface area (Å²) < 4.78 is 0. The van der Waals surface area contributed by atoms with Crippen LogP contribution in [0.25, 0.3) is 0 Å². The number of rotatable bonds is 4. The fraction of sp³-hybridized carbons (Fsp3) is 0.442. The summed E-state index contributed by atoms with van der Waals surface area (Å²) in [4.78, 5) is 0. The SMILES string of the molecule is CC(C)(C)c1cc(O)c(Cc2cc(Cl)c(C(C)(C)C)cc2O)cc1Cl.CC(c1ccc(O)cc1)c1cc(C(C)(C)C)c(O)c(C(C)(C)C)c1. The van der Waals surface area contributed by atoms with Crippen molar-refractivity contribution in [3.63, 3.8) is 0 Å². The minimum absolute atomic E-state index is 0.130. The van der Waals surface area contributed by atoms with Crippen LogP contribution >= 0.6 is 23.2 Å². The summed E-state index contributed by atoms with van der Waals surface area (Å²) in [5.74, 6) is 1.22. The third kappa shape index (κ3) is 9.89. The van der Waals surface area contributed by atoms with Gasteiger partial charge in [-0.1, -0.05) is 137 Å². The van der Waals surface area contributed by atoms with Crippen LogP contribution in [0.2, 0.25) is 10.0 Å². The zero-order valence-corrected chi connectivity index (χ0v) is 33.1. The molecule has 49 heavy (non-hydrogen) atoms. The van der Waals surface area contributed by atoms with E-state index in [1.165, 1.54) is 5.56 Å². The van der Waals surface area contributed by atoms with Gasteiger partial charge in [0.1, 0.15) is 23.0 Å². The van der Waals surface area contributed by atoms with Gasteiger partial charge in [-0.25, -0.2) is 0 Å². The van der Waals surface area contributed by atoms with Crippen molar-refractivity contribution >= 4 is 23.2 Å². The lowest BCUT2D eigenvalue weighted by molar-refractivity contribution is 0.422. The second-order valence-corrected chi connectivity index (χ2v) is 18.2. The summed E-state index contributed by atoms with van der Waals surface area (Å²) >= 11 is 12.8. The Bertz CT molecular complexity index is 1680. The second kappa shape index (κ2) is 14.5. The lowest BCUT2D eigenvalue weighted by atomic mass is 9.76. The van der Waals surface area contributed by atoms with Crippen molar-refractivity contribution in [3.8, 4) is 23.0 Å². The molecule has 1 unspecified atom stereocenters. The first-order valence-corrected chi connectivity index (χ1v) is 17.7. The van der Waals surface area contributed by atoms with E-state index >= 15 is 0 Å². The molecule has 0 saturated carbocycles. The number of benzene rings is 4. The van der Waals surface area contributed by atoms with E-state index in [-0.39, 0.29) is 44.8 Å². The van der Waals surface area contributed by atoms with Crippen LogP contribution in [0.4, 0.5) is 0 Å². The Hall–Kier alpha value is -3.34. The normalized spacial score (nSPS) is 13.1. The maximum atomic E-state index is 10.8. The lowest BCUT2D eigenvalue weighted by Crippen LogP contribution is -2.18. The van der Waals surface area contributed by atoms with Gasteiger partial charge in [-0.05, 0) is 103 Å². The van der Waals surface area contributed by atoms with Gasteiger partial charge in [0, 0.05) is 22.4 Å². The molecule has 1 atom stereocenters. The minimum Gasteiger partial charge on any atom is -0.508 e. The first-order chi connectivity index (χ1) is 22.2. The van der Waals surface area contributed by atoms with E-state index in [2.05, 4.69) is 60.6 Å². The summed E-state index contributed by atoms with van der Waals surface area (Å²) in [6.45, 7) is 27.2. The fourth-order valence-corrected chi connectivity index (χ4v) is 6.79. The number of hydrogen-bond acceptors (Lipinski definition) is 4. The van der Waals surface area contributed by atoms with Crippen molar-refractivity contribution in [3.05, 3.63) is 115 Å². The molecule has 266 valence electrons. The van der Waals surface area contributed by atoms with E-state index in [4.69, 9.17) is 23.2 Å². The summed E-state index contributed by atoms with van der Waals surface area (Å²) in [6.07, 6.45) is 0.353. The Labute approximate surface area is 304 Å². The van der Waals surface area contributed by atoms with Gasteiger partial charge in [-0.15, -0.1) is 0 Å². The molecule has 6 heteroatoms. The van der Waals surface area contributed by atoms with E-state index in [0.717, 1.165) is 27.8 Å². The standard InChI is InChI=1S/C22H30O2.C21H26Cl2O2/c1-14(15-8-10-17(23)11-9-15)16-12-18(21(2,3)4)20(24)19(13-16)22(5,6)7;1-20(2,3)14-10-18(24)12(8-16(14)22)7-13-9-17(23)15(11-19(13)25)21(4,5)6/h8-14,23-24H,1-7H3;8-11,24-25H,7H2,1-6H3. The third-order valence-corrected chi connectivity index (χ3v) is 9.60. The third-order valence-electron chi connectivity index (χ3n) is 8.97. The highest BCUT2D eigenvalue weighted by atomic mass is 35.5. The molecular formula is C43H56Cl2O4. The van der Waals surface area contributed by atoms with E-state index in [0.29, 0.717) is 33.3 Å². The fourth-order valence-electron chi connectivity index (χ4n) is 5.85. The number of phenolic OH excluding ortho intramolecular Hbond substituents is 4. The van der Waals surface area contributed by atoms with E-state index < -0.39 is 0 Å². The van der Waals surface area contributed by atoms with E-state index in [1.54, 1.807) is 36.4 Å². The maximum absolute atomic E-state index is 10.8. The van der Waals surface area contributed by atoms with Gasteiger partial charge >= 0.3 is 0 Å². The van der Waals surface area contributed by atoms with Crippen molar-refractivity contribution < 1.29 is 20.4 Å². The molecule has 0 aliphatic carbocycles. The Morgan fingerprint density at radius 2 is 0.837 bits per heavy atom. The molecule has 0 saturated heterocycles. The van der Waals surface area contributed by atoms with Gasteiger partial charge in [-0.3, -0.25) is 0 Å². The second-order valence-electron chi connectivity index (χ2n) is 17.4. The largest absolute Gasteiger partial charge is 0.508 e. The quantitative estimate of drug-likeness (QED) is 0.170. The molecule has 4 aromatic rings. The Balaban J connectivity index is 0.000000266. The average molecular weight is 708 g/mol. The van der Waals surface area contributed by atoms with Crippen molar-refractivity contribution in [2.75, 3.05) is 0 Å². The van der Waals surface area contributed by atoms with Crippen LogP contribution in [-0.2, 0) is 28.1 Å². The van der Waals surface area contributed by atoms with Gasteiger partial charge in [-0.2, -0.15) is 0 Å². The zero-order chi connectivity index (χ0) is 37.4. The summed E-state index contributed by atoms with van der Waals surface area (Å²) in [5, 5.41) is 42.4. The number of hydrogen-bond donors (Lipinski definition) is 4. The van der Waals surface area contributed by atoms with Crippen LogP contribution in [-0.4, -0.2) is 20.4 Å².